The van der Waals surface area contributed by atoms with Crippen molar-refractivity contribution in [3.05, 3.63) is 30.3 Å². The van der Waals surface area contributed by atoms with Gasteiger partial charge in [-0.1, -0.05) is 37.1 Å². The summed E-state index contributed by atoms with van der Waals surface area (Å²) < 4.78 is 1.70. The van der Waals surface area contributed by atoms with Gasteiger partial charge in [0.15, 0.2) is 0 Å². The summed E-state index contributed by atoms with van der Waals surface area (Å²) in [5, 5.41) is 32.9. The minimum Gasteiger partial charge on any atom is -0.483 e. The number of aliphatic hydroxyl groups excluding tert-OH is 1. The summed E-state index contributed by atoms with van der Waals surface area (Å²) in [5.41, 5.74) is 7.29. The molecule has 5 N–H and O–H groups in total. The fraction of sp³-hybridized carbons (Fsp3) is 0.571. The number of benzene rings is 1. The van der Waals surface area contributed by atoms with E-state index in [9.17, 15) is 9.90 Å². The topological polar surface area (TPSA) is 159 Å². The number of nitrogens with two attached hydrogens (primary N) is 1. The third-order valence-corrected chi connectivity index (χ3v) is 6.46. The van der Waals surface area contributed by atoms with Crippen molar-refractivity contribution < 1.29 is 19.8 Å². The van der Waals surface area contributed by atoms with Crippen LogP contribution in [0.5, 0.6) is 0 Å². The van der Waals surface area contributed by atoms with Crippen LogP contribution in [0.3, 0.4) is 0 Å². The Bertz CT molecular complexity index is 893. The van der Waals surface area contributed by atoms with E-state index in [1.165, 1.54) is 0 Å². The van der Waals surface area contributed by atoms with Gasteiger partial charge in [-0.25, -0.2) is 0 Å². The summed E-state index contributed by atoms with van der Waals surface area (Å²) in [6, 6.07) is 9.33. The lowest BCUT2D eigenvalue weighted by atomic mass is 9.64. The van der Waals surface area contributed by atoms with Crippen molar-refractivity contribution in [2.45, 2.75) is 32.4 Å². The number of tetrazole rings is 1. The summed E-state index contributed by atoms with van der Waals surface area (Å²) in [4.78, 5) is 23.4. The van der Waals surface area contributed by atoms with Crippen molar-refractivity contribution in [3.63, 3.8) is 0 Å². The Morgan fingerprint density at radius 1 is 1.28 bits per heavy atom. The van der Waals surface area contributed by atoms with Gasteiger partial charge >= 0.3 is 0 Å². The van der Waals surface area contributed by atoms with Crippen LogP contribution in [0.25, 0.3) is 5.69 Å². The highest BCUT2D eigenvalue weighted by molar-refractivity contribution is 5.79. The number of para-hydroxylation sites is 1. The van der Waals surface area contributed by atoms with Gasteiger partial charge in [0.05, 0.1) is 11.8 Å². The first-order chi connectivity index (χ1) is 15.4. The first kappa shape index (κ1) is 23.6. The number of carbonyl (C=O) groups excluding carboxylic acids is 1. The summed E-state index contributed by atoms with van der Waals surface area (Å²) in [6.07, 6.45) is 0.166. The van der Waals surface area contributed by atoms with Gasteiger partial charge in [0.25, 0.3) is 6.47 Å². The molecule has 32 heavy (non-hydrogen) atoms. The first-order valence-electron chi connectivity index (χ1n) is 10.8. The molecule has 1 aliphatic carbocycles. The number of amides is 1. The molecule has 2 fully saturated rings. The van der Waals surface area contributed by atoms with Crippen LogP contribution in [0.15, 0.2) is 30.3 Å². The van der Waals surface area contributed by atoms with Crippen molar-refractivity contribution in [2.24, 2.45) is 29.4 Å². The average molecular weight is 446 g/mol. The number of fused-ring (bicyclic) bond motifs is 1. The fourth-order valence-electron chi connectivity index (χ4n) is 4.93. The molecule has 11 nitrogen and oxygen atoms in total. The van der Waals surface area contributed by atoms with Gasteiger partial charge in [-0.15, -0.1) is 0 Å². The molecule has 4 rings (SSSR count). The Hall–Kier alpha value is -3.05. The molecule has 6 atom stereocenters. The monoisotopic (exact) mass is 445 g/mol. The molecule has 174 valence electrons. The van der Waals surface area contributed by atoms with E-state index in [1.54, 1.807) is 4.68 Å². The van der Waals surface area contributed by atoms with E-state index in [1.807, 2.05) is 44.2 Å². The number of anilines is 1. The molecule has 1 saturated heterocycles. The molecule has 2 aromatic rings. The van der Waals surface area contributed by atoms with Crippen LogP contribution in [0.4, 0.5) is 5.95 Å². The third kappa shape index (κ3) is 4.58. The molecule has 1 saturated carbocycles. The predicted molar refractivity (Wildman–Crippen MR) is 117 cm³/mol. The maximum Gasteiger partial charge on any atom is 0.290 e. The summed E-state index contributed by atoms with van der Waals surface area (Å²) in [6.45, 7) is 5.58. The normalized spacial score (nSPS) is 28.9. The van der Waals surface area contributed by atoms with Crippen molar-refractivity contribution in [2.75, 3.05) is 24.5 Å². The average Bonchev–Trinajstić information content (AvgIpc) is 3.45. The zero-order valence-corrected chi connectivity index (χ0v) is 18.3. The lowest BCUT2D eigenvalue weighted by molar-refractivity contribution is -0.135. The number of carbonyl (C=O) groups is 2. The third-order valence-electron chi connectivity index (χ3n) is 6.46. The van der Waals surface area contributed by atoms with E-state index in [4.69, 9.17) is 15.6 Å². The predicted octanol–water partition coefficient (Wildman–Crippen LogP) is -0.104. The Morgan fingerprint density at radius 2 is 1.94 bits per heavy atom. The van der Waals surface area contributed by atoms with Crippen molar-refractivity contribution in [1.29, 1.82) is 0 Å². The molecule has 0 bridgehead atoms. The number of nitrogens with one attached hydrogen (secondary N) is 1. The number of rotatable bonds is 5. The number of aliphatic hydroxyl groups is 1. The molecule has 11 heteroatoms. The molecule has 0 unspecified atom stereocenters. The van der Waals surface area contributed by atoms with Gasteiger partial charge in [-0.2, -0.15) is 4.68 Å². The second-order valence-electron chi connectivity index (χ2n) is 8.31. The van der Waals surface area contributed by atoms with Gasteiger partial charge in [0.2, 0.25) is 11.9 Å². The molecule has 1 aliphatic heterocycles. The lowest BCUT2D eigenvalue weighted by Crippen LogP contribution is -2.58. The number of nitrogens with zero attached hydrogens (tertiary/aromatic N) is 5. The second kappa shape index (κ2) is 10.5. The highest BCUT2D eigenvalue weighted by Crippen LogP contribution is 2.44. The van der Waals surface area contributed by atoms with E-state index >= 15 is 0 Å². The van der Waals surface area contributed by atoms with Crippen molar-refractivity contribution in [1.82, 2.24) is 25.5 Å². The van der Waals surface area contributed by atoms with E-state index in [2.05, 4.69) is 25.7 Å². The van der Waals surface area contributed by atoms with Crippen LogP contribution in [0.1, 0.15) is 20.3 Å². The molecule has 1 amide bonds. The van der Waals surface area contributed by atoms with E-state index in [0.29, 0.717) is 25.6 Å². The minimum atomic E-state index is -0.710. The lowest BCUT2D eigenvalue weighted by Gasteiger charge is -2.43. The Balaban J connectivity index is 0.000000913. The van der Waals surface area contributed by atoms with E-state index < -0.39 is 6.10 Å². The Labute approximate surface area is 186 Å². The Kier molecular flexibility index (Phi) is 7.75. The van der Waals surface area contributed by atoms with Crippen LogP contribution in [0, 0.1) is 23.7 Å². The fourth-order valence-corrected chi connectivity index (χ4v) is 4.93. The molecule has 1 aromatic carbocycles. The van der Waals surface area contributed by atoms with Crippen LogP contribution < -0.4 is 16.0 Å². The number of hydrogen-bond acceptors (Lipinski definition) is 8. The van der Waals surface area contributed by atoms with Gasteiger partial charge in [-0.3, -0.25) is 9.59 Å². The number of hydrogen-bond donors (Lipinski definition) is 4. The largest absolute Gasteiger partial charge is 0.483 e. The number of carboxylic acid groups (broad SMARTS) is 1. The summed E-state index contributed by atoms with van der Waals surface area (Å²) in [7, 11) is 0. The molecular weight excluding hydrogens is 414 g/mol. The standard InChI is InChI=1S/C20H29N7O2.CH2O2/c1-3-9-22-19(29)16-12(2)18(28)17(21)15-11-26(10-14(15)16)20-23-24-25-27(20)13-7-5-4-6-8-13;2-1-3/h4-8,12,14-18,28H,3,9-11,21H2,1-2H3,(H,22,29);1H,(H,2,3)/t12-,14+,15+,16+,17+,18+;/m1./s1. The quantitative estimate of drug-likeness (QED) is 0.461. The van der Waals surface area contributed by atoms with Crippen molar-refractivity contribution in [3.8, 4) is 5.69 Å². The maximum atomic E-state index is 12.9. The molecule has 0 spiro atoms. The van der Waals surface area contributed by atoms with Gasteiger partial charge in [-0.05, 0) is 46.7 Å². The van der Waals surface area contributed by atoms with Crippen LogP contribution in [-0.2, 0) is 9.59 Å². The van der Waals surface area contributed by atoms with Gasteiger partial charge < -0.3 is 26.2 Å². The highest BCUT2D eigenvalue weighted by atomic mass is 16.3. The molecule has 2 heterocycles. The van der Waals surface area contributed by atoms with Crippen LogP contribution in [-0.4, -0.2) is 74.6 Å². The van der Waals surface area contributed by atoms with Crippen LogP contribution >= 0.6 is 0 Å². The van der Waals surface area contributed by atoms with E-state index in [-0.39, 0.29) is 42.1 Å². The van der Waals surface area contributed by atoms with Gasteiger partial charge in [0.1, 0.15) is 0 Å². The molecule has 1 aromatic heterocycles. The first-order valence-corrected chi connectivity index (χ1v) is 10.8. The summed E-state index contributed by atoms with van der Waals surface area (Å²) in [5.74, 6) is 0.193. The zero-order valence-electron chi connectivity index (χ0n) is 18.3. The molecular formula is C21H31N7O4. The van der Waals surface area contributed by atoms with Gasteiger partial charge in [0, 0.05) is 31.6 Å². The minimum absolute atomic E-state index is 0.000463. The molecule has 0 radical (unpaired) electrons. The Morgan fingerprint density at radius 3 is 2.59 bits per heavy atom. The van der Waals surface area contributed by atoms with Crippen molar-refractivity contribution >= 4 is 18.3 Å². The second-order valence-corrected chi connectivity index (χ2v) is 8.31. The maximum absolute atomic E-state index is 12.9. The SMILES string of the molecule is CCCNC(=O)[C@H]1[C@@H](C)[C@H](O)[C@@H](N)[C@H]2CN(c3nnnn3-c3ccccc3)C[C@@H]21.O=CO. The zero-order chi connectivity index (χ0) is 23.3. The highest BCUT2D eigenvalue weighted by Gasteiger charge is 2.53. The number of aromatic nitrogens is 4. The smallest absolute Gasteiger partial charge is 0.290 e. The summed E-state index contributed by atoms with van der Waals surface area (Å²) >= 11 is 0. The van der Waals surface area contributed by atoms with Crippen LogP contribution in [0.2, 0.25) is 0 Å². The van der Waals surface area contributed by atoms with E-state index in [0.717, 1.165) is 12.1 Å². The molecule has 2 aliphatic rings.